The van der Waals surface area contributed by atoms with Gasteiger partial charge in [-0.2, -0.15) is 5.10 Å². The maximum atomic E-state index is 12.7. The summed E-state index contributed by atoms with van der Waals surface area (Å²) in [4.78, 5) is 25.5. The number of carboxylic acids is 1. The molecule has 0 radical (unpaired) electrons. The number of aliphatic carboxylic acids is 1. The molecule has 1 N–H and O–H groups in total. The first kappa shape index (κ1) is 21.0. The number of nitrogens with zero attached hydrogens (tertiary/aromatic N) is 3. The van der Waals surface area contributed by atoms with Crippen LogP contribution in [0.25, 0.3) is 0 Å². The molecule has 1 unspecified atom stereocenters. The van der Waals surface area contributed by atoms with E-state index in [1.54, 1.807) is 11.8 Å². The lowest BCUT2D eigenvalue weighted by molar-refractivity contribution is -0.166. The lowest BCUT2D eigenvalue weighted by Crippen LogP contribution is -2.51. The molecule has 0 aliphatic carbocycles. The van der Waals surface area contributed by atoms with Gasteiger partial charge in [-0.3, -0.25) is 9.48 Å². The number of rotatable bonds is 6. The molecule has 1 aliphatic rings. The monoisotopic (exact) mass is 399 g/mol. The predicted molar refractivity (Wildman–Crippen MR) is 109 cm³/mol. The second-order valence-electron chi connectivity index (χ2n) is 7.86. The number of ether oxygens (including phenoxy) is 1. The van der Waals surface area contributed by atoms with E-state index in [1.165, 1.54) is 11.1 Å². The Labute approximate surface area is 171 Å². The largest absolute Gasteiger partial charge is 0.479 e. The summed E-state index contributed by atoms with van der Waals surface area (Å²) < 4.78 is 7.37. The van der Waals surface area contributed by atoms with Gasteiger partial charge in [-0.05, 0) is 45.2 Å². The fourth-order valence-corrected chi connectivity index (χ4v) is 3.80. The van der Waals surface area contributed by atoms with E-state index in [0.717, 1.165) is 17.0 Å². The van der Waals surface area contributed by atoms with Crippen molar-refractivity contribution in [1.29, 1.82) is 0 Å². The minimum absolute atomic E-state index is 0.0449. The van der Waals surface area contributed by atoms with Gasteiger partial charge in [0.2, 0.25) is 5.91 Å². The summed E-state index contributed by atoms with van der Waals surface area (Å²) in [5.41, 5.74) is 5.49. The SMILES string of the molecule is Cc1ccc(Cn2nc(C)c(CCC(=O)N3CC(C(=O)O)O[C@H](C)C3)c2C)cc1. The molecule has 0 bridgehead atoms. The average molecular weight is 399 g/mol. The molecule has 7 heteroatoms. The fourth-order valence-electron chi connectivity index (χ4n) is 3.80. The topological polar surface area (TPSA) is 84.7 Å². The minimum Gasteiger partial charge on any atom is -0.479 e. The fraction of sp³-hybridized carbons (Fsp3) is 0.500. The molecule has 1 saturated heterocycles. The van der Waals surface area contributed by atoms with Crippen molar-refractivity contribution in [3.05, 3.63) is 52.3 Å². The molecule has 156 valence electrons. The van der Waals surface area contributed by atoms with E-state index in [1.807, 2.05) is 18.5 Å². The molecule has 29 heavy (non-hydrogen) atoms. The van der Waals surface area contributed by atoms with Crippen LogP contribution in [0.4, 0.5) is 0 Å². The van der Waals surface area contributed by atoms with Crippen LogP contribution < -0.4 is 0 Å². The maximum Gasteiger partial charge on any atom is 0.334 e. The molecule has 2 heterocycles. The Morgan fingerprint density at radius 3 is 2.52 bits per heavy atom. The molecular weight excluding hydrogens is 370 g/mol. The molecule has 1 amide bonds. The predicted octanol–water partition coefficient (Wildman–Crippen LogP) is 2.49. The van der Waals surface area contributed by atoms with Crippen molar-refractivity contribution in [2.45, 2.75) is 59.3 Å². The summed E-state index contributed by atoms with van der Waals surface area (Å²) in [6, 6.07) is 8.39. The second kappa shape index (κ2) is 8.78. The third-order valence-electron chi connectivity index (χ3n) is 5.46. The Kier molecular flexibility index (Phi) is 6.37. The lowest BCUT2D eigenvalue weighted by atomic mass is 10.1. The molecule has 3 rings (SSSR count). The summed E-state index contributed by atoms with van der Waals surface area (Å²) in [6.45, 7) is 9.08. The first-order valence-electron chi connectivity index (χ1n) is 9.99. The van der Waals surface area contributed by atoms with Gasteiger partial charge in [-0.1, -0.05) is 29.8 Å². The van der Waals surface area contributed by atoms with Crippen LogP contribution >= 0.6 is 0 Å². The number of aromatic nitrogens is 2. The Hall–Kier alpha value is -2.67. The van der Waals surface area contributed by atoms with Crippen LogP contribution in [0.5, 0.6) is 0 Å². The summed E-state index contributed by atoms with van der Waals surface area (Å²) >= 11 is 0. The molecule has 1 fully saturated rings. The molecule has 0 spiro atoms. The highest BCUT2D eigenvalue weighted by molar-refractivity contribution is 5.79. The van der Waals surface area contributed by atoms with Gasteiger partial charge in [0, 0.05) is 18.7 Å². The molecule has 0 saturated carbocycles. The average Bonchev–Trinajstić information content (AvgIpc) is 2.94. The van der Waals surface area contributed by atoms with E-state index in [0.29, 0.717) is 25.9 Å². The van der Waals surface area contributed by atoms with Crippen LogP contribution in [0.2, 0.25) is 0 Å². The third-order valence-corrected chi connectivity index (χ3v) is 5.46. The highest BCUT2D eigenvalue weighted by atomic mass is 16.5. The van der Waals surface area contributed by atoms with Crippen molar-refractivity contribution in [3.63, 3.8) is 0 Å². The lowest BCUT2D eigenvalue weighted by Gasteiger charge is -2.35. The summed E-state index contributed by atoms with van der Waals surface area (Å²) in [5.74, 6) is -1.07. The van der Waals surface area contributed by atoms with E-state index >= 15 is 0 Å². The molecule has 1 aliphatic heterocycles. The number of carbonyl (C=O) groups is 2. The Balaban J connectivity index is 1.64. The molecule has 7 nitrogen and oxygen atoms in total. The van der Waals surface area contributed by atoms with Crippen LogP contribution in [0, 0.1) is 20.8 Å². The number of hydrogen-bond acceptors (Lipinski definition) is 4. The van der Waals surface area contributed by atoms with Crippen LogP contribution in [0.15, 0.2) is 24.3 Å². The molecule has 2 atom stereocenters. The third kappa shape index (κ3) is 5.03. The van der Waals surface area contributed by atoms with Gasteiger partial charge in [0.05, 0.1) is 24.9 Å². The number of carboxylic acid groups (broad SMARTS) is 1. The van der Waals surface area contributed by atoms with E-state index in [9.17, 15) is 14.7 Å². The smallest absolute Gasteiger partial charge is 0.334 e. The van der Waals surface area contributed by atoms with Crippen molar-refractivity contribution in [3.8, 4) is 0 Å². The normalized spacial score (nSPS) is 19.4. The number of amides is 1. The van der Waals surface area contributed by atoms with E-state index in [-0.39, 0.29) is 18.6 Å². The van der Waals surface area contributed by atoms with Gasteiger partial charge in [-0.25, -0.2) is 4.79 Å². The zero-order valence-electron chi connectivity index (χ0n) is 17.5. The van der Waals surface area contributed by atoms with Crippen LogP contribution in [0.1, 0.15) is 41.4 Å². The number of carbonyl (C=O) groups excluding carboxylic acids is 1. The highest BCUT2D eigenvalue weighted by Gasteiger charge is 2.32. The van der Waals surface area contributed by atoms with Crippen molar-refractivity contribution < 1.29 is 19.4 Å². The van der Waals surface area contributed by atoms with Crippen LogP contribution in [-0.2, 0) is 27.3 Å². The van der Waals surface area contributed by atoms with E-state index < -0.39 is 12.1 Å². The number of morpholine rings is 1. The quantitative estimate of drug-likeness (QED) is 0.807. The minimum atomic E-state index is -1.03. The van der Waals surface area contributed by atoms with Crippen LogP contribution in [-0.4, -0.2) is 57.0 Å². The Morgan fingerprint density at radius 1 is 1.17 bits per heavy atom. The van der Waals surface area contributed by atoms with E-state index in [2.05, 4.69) is 36.3 Å². The first-order valence-corrected chi connectivity index (χ1v) is 9.99. The Bertz CT molecular complexity index is 888. The van der Waals surface area contributed by atoms with Gasteiger partial charge in [0.25, 0.3) is 0 Å². The number of benzene rings is 1. The van der Waals surface area contributed by atoms with Crippen molar-refractivity contribution in [2.24, 2.45) is 0 Å². The van der Waals surface area contributed by atoms with Gasteiger partial charge >= 0.3 is 5.97 Å². The van der Waals surface area contributed by atoms with Gasteiger partial charge in [0.1, 0.15) is 0 Å². The zero-order chi connectivity index (χ0) is 21.1. The zero-order valence-corrected chi connectivity index (χ0v) is 17.5. The molecule has 1 aromatic heterocycles. The van der Waals surface area contributed by atoms with Crippen molar-refractivity contribution in [2.75, 3.05) is 13.1 Å². The molecule has 2 aromatic rings. The van der Waals surface area contributed by atoms with Crippen molar-refractivity contribution in [1.82, 2.24) is 14.7 Å². The van der Waals surface area contributed by atoms with Gasteiger partial charge in [0.15, 0.2) is 6.10 Å². The highest BCUT2D eigenvalue weighted by Crippen LogP contribution is 2.19. The standard InChI is InChI=1S/C22H29N3O4/c1-14-5-7-18(8-6-14)12-25-17(4)19(16(3)23-25)9-10-21(26)24-11-15(2)29-20(13-24)22(27)28/h5-8,15,20H,9-13H2,1-4H3,(H,27,28)/t15-,20?/m1/s1. The van der Waals surface area contributed by atoms with Crippen molar-refractivity contribution >= 4 is 11.9 Å². The first-order chi connectivity index (χ1) is 13.7. The maximum absolute atomic E-state index is 12.7. The summed E-state index contributed by atoms with van der Waals surface area (Å²) in [7, 11) is 0. The van der Waals surface area contributed by atoms with Gasteiger partial charge < -0.3 is 14.7 Å². The Morgan fingerprint density at radius 2 is 1.86 bits per heavy atom. The van der Waals surface area contributed by atoms with E-state index in [4.69, 9.17) is 4.74 Å². The molecular formula is C22H29N3O4. The number of hydrogen-bond donors (Lipinski definition) is 1. The van der Waals surface area contributed by atoms with Crippen LogP contribution in [0.3, 0.4) is 0 Å². The molecule has 1 aromatic carbocycles. The summed E-state index contributed by atoms with van der Waals surface area (Å²) in [6.07, 6.45) is -0.317. The summed E-state index contributed by atoms with van der Waals surface area (Å²) in [5, 5.41) is 13.9. The number of aryl methyl sites for hydroxylation is 2. The van der Waals surface area contributed by atoms with Gasteiger partial charge in [-0.15, -0.1) is 0 Å². The second-order valence-corrected chi connectivity index (χ2v) is 7.86.